The molecule has 1 aromatic heterocycles. The first-order chi connectivity index (χ1) is 11.3. The van der Waals surface area contributed by atoms with E-state index in [0.29, 0.717) is 10.0 Å². The van der Waals surface area contributed by atoms with Crippen molar-refractivity contribution in [1.82, 2.24) is 4.98 Å². The third-order valence-electron chi connectivity index (χ3n) is 3.60. The molecular weight excluding hydrogens is 367 g/mol. The number of benzene rings is 1. The van der Waals surface area contributed by atoms with Gasteiger partial charge in [-0.1, -0.05) is 11.6 Å². The molecule has 2 unspecified atom stereocenters. The van der Waals surface area contributed by atoms with Crippen LogP contribution >= 0.6 is 22.9 Å². The quantitative estimate of drug-likeness (QED) is 0.891. The molecule has 10 heteroatoms. The third kappa shape index (κ3) is 2.53. The minimum atomic E-state index is -4.86. The molecule has 5 nitrogen and oxygen atoms in total. The van der Waals surface area contributed by atoms with Gasteiger partial charge in [-0.3, -0.25) is 9.80 Å². The predicted molar refractivity (Wildman–Crippen MR) is 83.7 cm³/mol. The second-order valence-corrected chi connectivity index (χ2v) is 6.35. The van der Waals surface area contributed by atoms with E-state index in [1.807, 2.05) is 0 Å². The van der Waals surface area contributed by atoms with E-state index in [1.54, 1.807) is 0 Å². The van der Waals surface area contributed by atoms with Crippen molar-refractivity contribution in [2.45, 2.75) is 17.6 Å². The number of hydrazone groups is 1. The van der Waals surface area contributed by atoms with E-state index in [-0.39, 0.29) is 10.7 Å². The molecule has 0 radical (unpaired) electrons. The fourth-order valence-electron chi connectivity index (χ4n) is 2.55. The number of alkyl halides is 3. The monoisotopic (exact) mass is 375 g/mol. The van der Waals surface area contributed by atoms with Gasteiger partial charge in [0.15, 0.2) is 11.5 Å². The number of aliphatic carboxylic acids is 1. The molecule has 1 aliphatic heterocycles. The molecule has 2 aromatic rings. The Bertz CT molecular complexity index is 780. The number of carboxylic acid groups (broad SMARTS) is 1. The van der Waals surface area contributed by atoms with Gasteiger partial charge in [0.25, 0.3) is 0 Å². The highest BCUT2D eigenvalue weighted by Crippen LogP contribution is 2.45. The van der Waals surface area contributed by atoms with Gasteiger partial charge < -0.3 is 5.11 Å². The van der Waals surface area contributed by atoms with Crippen LogP contribution in [0.15, 0.2) is 40.9 Å². The number of rotatable bonds is 3. The van der Waals surface area contributed by atoms with Crippen molar-refractivity contribution in [2.75, 3.05) is 5.01 Å². The number of thiazole rings is 1. The number of aromatic nitrogens is 1. The highest BCUT2D eigenvalue weighted by Gasteiger charge is 2.65. The van der Waals surface area contributed by atoms with Crippen LogP contribution < -0.4 is 5.01 Å². The van der Waals surface area contributed by atoms with Gasteiger partial charge in [-0.2, -0.15) is 18.3 Å². The number of halogens is 4. The molecule has 24 heavy (non-hydrogen) atoms. The maximum Gasteiger partial charge on any atom is 0.412 e. The van der Waals surface area contributed by atoms with E-state index in [0.717, 1.165) is 17.6 Å². The molecule has 0 saturated heterocycles. The Kier molecular flexibility index (Phi) is 4.00. The Morgan fingerprint density at radius 3 is 2.50 bits per heavy atom. The lowest BCUT2D eigenvalue weighted by Crippen LogP contribution is -2.57. The first kappa shape index (κ1) is 16.7. The van der Waals surface area contributed by atoms with Crippen molar-refractivity contribution in [3.05, 3.63) is 45.9 Å². The number of carboxylic acids is 1. The van der Waals surface area contributed by atoms with E-state index in [2.05, 4.69) is 10.1 Å². The number of anilines is 1. The molecule has 0 amide bonds. The molecule has 126 valence electrons. The van der Waals surface area contributed by atoms with Crippen LogP contribution in [-0.2, 0) is 10.2 Å². The minimum Gasteiger partial charge on any atom is -0.480 e. The molecule has 1 N–H and O–H groups in total. The number of hydrogen-bond acceptors (Lipinski definition) is 5. The van der Waals surface area contributed by atoms with Gasteiger partial charge in [0.2, 0.25) is 0 Å². The molecule has 0 saturated carbocycles. The summed E-state index contributed by atoms with van der Waals surface area (Å²) in [5, 5.41) is 15.6. The zero-order valence-electron chi connectivity index (χ0n) is 11.7. The SMILES string of the molecule is O=C(O)C1(c2nccs2)C=NN(c2ccc(Cl)cc2)C1C(F)(F)F. The van der Waals surface area contributed by atoms with E-state index in [9.17, 15) is 23.1 Å². The highest BCUT2D eigenvalue weighted by atomic mass is 35.5. The molecule has 0 fully saturated rings. The molecule has 0 spiro atoms. The molecule has 2 atom stereocenters. The summed E-state index contributed by atoms with van der Waals surface area (Å²) in [7, 11) is 0. The summed E-state index contributed by atoms with van der Waals surface area (Å²) in [5.41, 5.74) is -2.33. The summed E-state index contributed by atoms with van der Waals surface area (Å²) >= 11 is 6.59. The molecule has 2 heterocycles. The first-order valence-electron chi connectivity index (χ1n) is 6.57. The van der Waals surface area contributed by atoms with Crippen molar-refractivity contribution < 1.29 is 23.1 Å². The summed E-state index contributed by atoms with van der Waals surface area (Å²) < 4.78 is 41.4. The van der Waals surface area contributed by atoms with Crippen LogP contribution in [0.25, 0.3) is 0 Å². The van der Waals surface area contributed by atoms with Crippen molar-refractivity contribution in [3.8, 4) is 0 Å². The lowest BCUT2D eigenvalue weighted by molar-refractivity contribution is -0.170. The molecule has 0 aliphatic carbocycles. The van der Waals surface area contributed by atoms with Crippen molar-refractivity contribution in [1.29, 1.82) is 0 Å². The molecule has 1 aromatic carbocycles. The van der Waals surface area contributed by atoms with Gasteiger partial charge in [-0.05, 0) is 24.3 Å². The molecule has 1 aliphatic rings. The number of nitrogens with zero attached hydrogens (tertiary/aromatic N) is 3. The Labute approximate surface area is 143 Å². The van der Waals surface area contributed by atoms with E-state index >= 15 is 0 Å². The van der Waals surface area contributed by atoms with Crippen molar-refractivity contribution in [3.63, 3.8) is 0 Å². The topological polar surface area (TPSA) is 65.8 Å². The van der Waals surface area contributed by atoms with Gasteiger partial charge in [-0.15, -0.1) is 11.3 Å². The predicted octanol–water partition coefficient (Wildman–Crippen LogP) is 3.56. The summed E-state index contributed by atoms with van der Waals surface area (Å²) in [5.74, 6) is -1.67. The molecule has 3 rings (SSSR count). The zero-order valence-corrected chi connectivity index (χ0v) is 13.3. The van der Waals surface area contributed by atoms with Gasteiger partial charge in [-0.25, -0.2) is 4.98 Å². The summed E-state index contributed by atoms with van der Waals surface area (Å²) in [4.78, 5) is 15.6. The highest BCUT2D eigenvalue weighted by molar-refractivity contribution is 7.10. The fraction of sp³-hybridized carbons (Fsp3) is 0.214. The second-order valence-electron chi connectivity index (χ2n) is 5.02. The van der Waals surface area contributed by atoms with E-state index < -0.39 is 23.6 Å². The van der Waals surface area contributed by atoms with Crippen LogP contribution in [0, 0.1) is 0 Å². The first-order valence-corrected chi connectivity index (χ1v) is 7.82. The van der Waals surface area contributed by atoms with Gasteiger partial charge in [0.1, 0.15) is 5.01 Å². The zero-order chi connectivity index (χ0) is 17.5. The average Bonchev–Trinajstić information content (AvgIpc) is 3.15. The van der Waals surface area contributed by atoms with Crippen molar-refractivity contribution in [2.24, 2.45) is 5.10 Å². The van der Waals surface area contributed by atoms with Gasteiger partial charge in [0.05, 0.1) is 11.9 Å². The standard InChI is InChI=1S/C14H9ClF3N3O2S/c15-8-1-3-9(4-2-8)21-10(14(16,17)18)13(7-20-21,12(22)23)11-19-5-6-24-11/h1-7,10H,(H,22,23). The van der Waals surface area contributed by atoms with Crippen LogP contribution in [0.4, 0.5) is 18.9 Å². The maximum absolute atomic E-state index is 13.8. The normalized spacial score (nSPS) is 23.7. The Morgan fingerprint density at radius 2 is 2.00 bits per heavy atom. The van der Waals surface area contributed by atoms with Crippen LogP contribution in [-0.4, -0.2) is 34.5 Å². The maximum atomic E-state index is 13.8. The average molecular weight is 376 g/mol. The minimum absolute atomic E-state index is 0.0812. The van der Waals surface area contributed by atoms with Crippen LogP contribution in [0.3, 0.4) is 0 Å². The van der Waals surface area contributed by atoms with Gasteiger partial charge in [0, 0.05) is 16.6 Å². The van der Waals surface area contributed by atoms with Crippen LogP contribution in [0.2, 0.25) is 5.02 Å². The fourth-order valence-corrected chi connectivity index (χ4v) is 3.50. The Hall–Kier alpha value is -2.13. The molecule has 0 bridgehead atoms. The lowest BCUT2D eigenvalue weighted by atomic mass is 9.81. The van der Waals surface area contributed by atoms with Gasteiger partial charge >= 0.3 is 12.1 Å². The molecular formula is C14H9ClF3N3O2S. The Balaban J connectivity index is 2.16. The summed E-state index contributed by atoms with van der Waals surface area (Å²) in [6.07, 6.45) is -2.81. The van der Waals surface area contributed by atoms with Crippen LogP contribution in [0.1, 0.15) is 5.01 Å². The number of carbonyl (C=O) groups is 1. The lowest BCUT2D eigenvalue weighted by Gasteiger charge is -2.34. The van der Waals surface area contributed by atoms with E-state index in [1.165, 1.54) is 35.8 Å². The third-order valence-corrected chi connectivity index (χ3v) is 4.78. The van der Waals surface area contributed by atoms with Crippen molar-refractivity contribution >= 4 is 40.8 Å². The van der Waals surface area contributed by atoms with E-state index in [4.69, 9.17) is 11.6 Å². The smallest absolute Gasteiger partial charge is 0.412 e. The van der Waals surface area contributed by atoms with Crippen LogP contribution in [0.5, 0.6) is 0 Å². The Morgan fingerprint density at radius 1 is 1.33 bits per heavy atom. The second kappa shape index (κ2) is 5.75. The number of hydrogen-bond donors (Lipinski definition) is 1. The largest absolute Gasteiger partial charge is 0.480 e. The summed E-state index contributed by atoms with van der Waals surface area (Å²) in [6.45, 7) is 0. The summed E-state index contributed by atoms with van der Waals surface area (Å²) in [6, 6.07) is 3.08.